The summed E-state index contributed by atoms with van der Waals surface area (Å²) in [4.78, 5) is 66.8. The number of halogens is 1. The Kier molecular flexibility index (Phi) is 13.6. The Bertz CT molecular complexity index is 1450. The van der Waals surface area contributed by atoms with Crippen molar-refractivity contribution in [1.82, 2.24) is 20.9 Å². The normalized spacial score (nSPS) is 19.1. The van der Waals surface area contributed by atoms with E-state index in [2.05, 4.69) is 28.6 Å². The van der Waals surface area contributed by atoms with E-state index in [0.717, 1.165) is 31.2 Å². The molecule has 4 unspecified atom stereocenters. The second-order valence-corrected chi connectivity index (χ2v) is 13.7. The van der Waals surface area contributed by atoms with E-state index in [4.69, 9.17) is 21.4 Å². The summed E-state index contributed by atoms with van der Waals surface area (Å²) in [6, 6.07) is 11.4. The van der Waals surface area contributed by atoms with Crippen LogP contribution in [0.1, 0.15) is 73.4 Å². The molecule has 11 nitrogen and oxygen atoms in total. The van der Waals surface area contributed by atoms with Crippen molar-refractivity contribution >= 4 is 54.0 Å². The molecule has 1 heterocycles. The van der Waals surface area contributed by atoms with Crippen LogP contribution < -0.4 is 16.0 Å². The molecule has 1 saturated carbocycles. The molecule has 2 aromatic rings. The maximum atomic E-state index is 14.3. The Morgan fingerprint density at radius 2 is 1.75 bits per heavy atom. The monoisotopic (exact) mass is 700 g/mol. The number of nitrogens with zero attached hydrogens (tertiary/aromatic N) is 1. The van der Waals surface area contributed by atoms with Crippen molar-refractivity contribution in [3.8, 4) is 0 Å². The predicted octanol–water partition coefficient (Wildman–Crippen LogP) is 4.44. The first-order valence-corrected chi connectivity index (χ1v) is 17.5. The van der Waals surface area contributed by atoms with E-state index in [-0.39, 0.29) is 59.7 Å². The van der Waals surface area contributed by atoms with Gasteiger partial charge in [-0.1, -0.05) is 74.7 Å². The molecule has 2 aliphatic rings. The molecule has 2 fully saturated rings. The Morgan fingerprint density at radius 1 is 1.04 bits per heavy atom. The topological polar surface area (TPSA) is 154 Å². The third kappa shape index (κ3) is 9.88. The van der Waals surface area contributed by atoms with Crippen LogP contribution in [0.25, 0.3) is 0 Å². The number of carbonyl (C=O) groups is 5. The van der Waals surface area contributed by atoms with Gasteiger partial charge in [-0.05, 0) is 60.8 Å². The van der Waals surface area contributed by atoms with Crippen molar-refractivity contribution in [1.29, 1.82) is 0 Å². The van der Waals surface area contributed by atoms with Crippen LogP contribution in [0, 0.1) is 11.8 Å². The molecule has 260 valence electrons. The van der Waals surface area contributed by atoms with Crippen LogP contribution in [0.5, 0.6) is 0 Å². The lowest BCUT2D eigenvalue weighted by atomic mass is 9.96. The third-order valence-corrected chi connectivity index (χ3v) is 9.64. The molecule has 1 aliphatic carbocycles. The summed E-state index contributed by atoms with van der Waals surface area (Å²) in [5.74, 6) is -2.40. The van der Waals surface area contributed by atoms with Crippen LogP contribution in [0.15, 0.2) is 48.5 Å². The van der Waals surface area contributed by atoms with Crippen molar-refractivity contribution in [2.75, 3.05) is 25.4 Å². The summed E-state index contributed by atoms with van der Waals surface area (Å²) in [5, 5.41) is 17.8. The molecule has 4 N–H and O–H groups in total. The van der Waals surface area contributed by atoms with Crippen molar-refractivity contribution in [2.45, 2.75) is 76.4 Å². The van der Waals surface area contributed by atoms with Gasteiger partial charge in [-0.3, -0.25) is 14.4 Å². The van der Waals surface area contributed by atoms with Gasteiger partial charge in [0, 0.05) is 29.8 Å². The molecule has 4 amide bonds. The fourth-order valence-electron chi connectivity index (χ4n) is 6.35. The molecular formula is C35H45ClN4O7S. The number of hydrogen-bond donors (Lipinski definition) is 5. The van der Waals surface area contributed by atoms with Crippen LogP contribution in [0.2, 0.25) is 5.02 Å². The van der Waals surface area contributed by atoms with Gasteiger partial charge in [-0.15, -0.1) is 0 Å². The Labute approximate surface area is 291 Å². The summed E-state index contributed by atoms with van der Waals surface area (Å²) in [7, 11) is 0. The Balaban J connectivity index is 1.47. The number of nitrogens with one attached hydrogen (secondary N) is 3. The highest BCUT2D eigenvalue weighted by Gasteiger charge is 2.45. The number of thiol groups is 1. The van der Waals surface area contributed by atoms with Gasteiger partial charge >= 0.3 is 12.1 Å². The van der Waals surface area contributed by atoms with Crippen LogP contribution in [0.3, 0.4) is 0 Å². The summed E-state index contributed by atoms with van der Waals surface area (Å²) in [6.07, 6.45) is 3.51. The lowest BCUT2D eigenvalue weighted by Crippen LogP contribution is -2.58. The minimum Gasteiger partial charge on any atom is -0.478 e. The Morgan fingerprint density at radius 3 is 2.38 bits per heavy atom. The van der Waals surface area contributed by atoms with E-state index in [9.17, 15) is 24.0 Å². The van der Waals surface area contributed by atoms with Gasteiger partial charge in [0.1, 0.15) is 18.1 Å². The van der Waals surface area contributed by atoms with Crippen molar-refractivity contribution in [3.05, 3.63) is 70.2 Å². The number of carboxylic acid groups (broad SMARTS) is 1. The smallest absolute Gasteiger partial charge is 0.407 e. The van der Waals surface area contributed by atoms with Crippen LogP contribution in [-0.2, 0) is 25.5 Å². The highest BCUT2D eigenvalue weighted by molar-refractivity contribution is 7.80. The van der Waals surface area contributed by atoms with E-state index in [1.165, 1.54) is 12.1 Å². The van der Waals surface area contributed by atoms with E-state index in [0.29, 0.717) is 18.4 Å². The number of ether oxygens (including phenoxy) is 1. The molecule has 1 saturated heterocycles. The zero-order valence-corrected chi connectivity index (χ0v) is 29.0. The summed E-state index contributed by atoms with van der Waals surface area (Å²) < 4.78 is 5.36. The summed E-state index contributed by atoms with van der Waals surface area (Å²) >= 11 is 10.5. The average molecular weight is 701 g/mol. The largest absolute Gasteiger partial charge is 0.478 e. The maximum Gasteiger partial charge on any atom is 0.407 e. The lowest BCUT2D eigenvalue weighted by Gasteiger charge is -2.32. The molecular weight excluding hydrogens is 656 g/mol. The molecule has 1 aliphatic heterocycles. The second kappa shape index (κ2) is 17.6. The summed E-state index contributed by atoms with van der Waals surface area (Å²) in [5.41, 5.74) is 1.72. The van der Waals surface area contributed by atoms with Crippen molar-refractivity contribution in [2.24, 2.45) is 11.8 Å². The number of aromatic carboxylic acids is 1. The number of alkyl carbamates (subject to hydrolysis) is 1. The number of amides is 4. The zero-order valence-electron chi connectivity index (χ0n) is 27.3. The maximum absolute atomic E-state index is 14.3. The predicted molar refractivity (Wildman–Crippen MR) is 185 cm³/mol. The van der Waals surface area contributed by atoms with Crippen molar-refractivity contribution < 1.29 is 33.8 Å². The standard InChI is InChI=1S/C35H45ClN4O7S/c1-21(2)19-47-35(46)39-30(24-10-6-7-11-24)33(43)40-18-26(22-8-4-3-5-9-22)17-29(40)32(42)38-28(20-48)31(41)37-15-14-23-12-13-25(34(44)45)16-27(23)36/h3-5,8-9,12-13,16,21,24,26,28-30,48H,6-7,10-11,14-15,17-20H2,1-2H3,(H,37,41)(H,38,42)(H,39,46)(H,44,45). The Hall–Kier alpha value is -3.77. The number of carboxylic acids is 1. The van der Waals surface area contributed by atoms with Gasteiger partial charge in [0.15, 0.2) is 0 Å². The SMILES string of the molecule is CC(C)COC(=O)NC(C(=O)N1CC(c2ccccc2)CC1C(=O)NC(CS)C(=O)NCCc1ccc(C(=O)O)cc1Cl)C1CCCC1. The second-order valence-electron chi connectivity index (χ2n) is 12.9. The molecule has 48 heavy (non-hydrogen) atoms. The fraction of sp³-hybridized carbons (Fsp3) is 0.514. The molecule has 0 aromatic heterocycles. The lowest BCUT2D eigenvalue weighted by molar-refractivity contribution is -0.141. The summed E-state index contributed by atoms with van der Waals surface area (Å²) in [6.45, 7) is 4.56. The molecule has 0 radical (unpaired) electrons. The number of rotatable bonds is 14. The number of carbonyl (C=O) groups excluding carboxylic acids is 4. The molecule has 0 spiro atoms. The quantitative estimate of drug-likeness (QED) is 0.183. The highest BCUT2D eigenvalue weighted by Crippen LogP contribution is 2.35. The van der Waals surface area contributed by atoms with E-state index < -0.39 is 42.0 Å². The molecule has 13 heteroatoms. The van der Waals surface area contributed by atoms with Crippen LogP contribution >= 0.6 is 24.2 Å². The minimum atomic E-state index is -1.09. The molecule has 4 rings (SSSR count). The average Bonchev–Trinajstić information content (AvgIpc) is 3.77. The van der Waals surface area contributed by atoms with E-state index in [1.807, 2.05) is 44.2 Å². The van der Waals surface area contributed by atoms with Gasteiger partial charge in [0.25, 0.3) is 0 Å². The fourth-order valence-corrected chi connectivity index (χ4v) is 6.88. The molecule has 0 bridgehead atoms. The first-order chi connectivity index (χ1) is 23.0. The third-order valence-electron chi connectivity index (χ3n) is 8.93. The number of likely N-dealkylation sites (tertiary alicyclic amines) is 1. The first kappa shape index (κ1) is 37.1. The van der Waals surface area contributed by atoms with Gasteiger partial charge in [0.2, 0.25) is 17.7 Å². The number of benzene rings is 2. The van der Waals surface area contributed by atoms with E-state index in [1.54, 1.807) is 11.0 Å². The highest BCUT2D eigenvalue weighted by atomic mass is 35.5. The van der Waals surface area contributed by atoms with Crippen molar-refractivity contribution in [3.63, 3.8) is 0 Å². The van der Waals surface area contributed by atoms with E-state index >= 15 is 0 Å². The molecule has 4 atom stereocenters. The van der Waals surface area contributed by atoms with Crippen LogP contribution in [-0.4, -0.2) is 83.4 Å². The molecule has 2 aromatic carbocycles. The first-order valence-electron chi connectivity index (χ1n) is 16.5. The van der Waals surface area contributed by atoms with Gasteiger partial charge in [-0.2, -0.15) is 12.6 Å². The minimum absolute atomic E-state index is 0.0162. The zero-order chi connectivity index (χ0) is 34.8. The van der Waals surface area contributed by atoms with Gasteiger partial charge in [-0.25, -0.2) is 9.59 Å². The van der Waals surface area contributed by atoms with Gasteiger partial charge in [0.05, 0.1) is 12.2 Å². The number of hydrogen-bond acceptors (Lipinski definition) is 7. The van der Waals surface area contributed by atoms with Crippen LogP contribution in [0.4, 0.5) is 4.79 Å². The van der Waals surface area contributed by atoms with Gasteiger partial charge < -0.3 is 30.7 Å².